The summed E-state index contributed by atoms with van der Waals surface area (Å²) in [6.45, 7) is -0.548. The Hall–Kier alpha value is -0.270. The maximum Gasteiger partial charge on any atom is 0.411 e. The lowest BCUT2D eigenvalue weighted by Crippen LogP contribution is -2.18. The molecule has 0 aliphatic rings. The average molecular weight is 391 g/mol. The maximum atomic E-state index is 11.8. The SMILES string of the molecule is FC(F)(F)COCCCNc1ccc(Br)cc1Br. The molecule has 102 valence electrons. The number of hydrogen-bond donors (Lipinski definition) is 1. The summed E-state index contributed by atoms with van der Waals surface area (Å²) >= 11 is 6.72. The van der Waals surface area contributed by atoms with Crippen molar-refractivity contribution in [3.05, 3.63) is 27.1 Å². The minimum absolute atomic E-state index is 0.0840. The molecule has 1 aromatic rings. The lowest BCUT2D eigenvalue weighted by Gasteiger charge is -2.10. The zero-order chi connectivity index (χ0) is 13.6. The van der Waals surface area contributed by atoms with Crippen LogP contribution in [0.15, 0.2) is 27.1 Å². The summed E-state index contributed by atoms with van der Waals surface area (Å²) in [7, 11) is 0. The quantitative estimate of drug-likeness (QED) is 0.717. The Kier molecular flexibility index (Phi) is 6.45. The molecular formula is C11H12Br2F3NO. The van der Waals surface area contributed by atoms with Crippen molar-refractivity contribution >= 4 is 37.5 Å². The first-order chi connectivity index (χ1) is 8.38. The number of hydrogen-bond acceptors (Lipinski definition) is 2. The molecule has 0 bridgehead atoms. The summed E-state index contributed by atoms with van der Waals surface area (Å²) in [6, 6.07) is 5.65. The highest BCUT2D eigenvalue weighted by Gasteiger charge is 2.27. The van der Waals surface area contributed by atoms with Crippen molar-refractivity contribution in [1.82, 2.24) is 0 Å². The summed E-state index contributed by atoms with van der Waals surface area (Å²) in [4.78, 5) is 0. The highest BCUT2D eigenvalue weighted by molar-refractivity contribution is 9.11. The van der Waals surface area contributed by atoms with E-state index in [9.17, 15) is 13.2 Å². The van der Waals surface area contributed by atoms with Crippen molar-refractivity contribution in [2.24, 2.45) is 0 Å². The summed E-state index contributed by atoms with van der Waals surface area (Å²) in [5.41, 5.74) is 0.897. The smallest absolute Gasteiger partial charge is 0.384 e. The average Bonchev–Trinajstić information content (AvgIpc) is 2.24. The van der Waals surface area contributed by atoms with Gasteiger partial charge in [-0.25, -0.2) is 0 Å². The molecule has 0 aliphatic carbocycles. The van der Waals surface area contributed by atoms with E-state index in [1.807, 2.05) is 18.2 Å². The fraction of sp³-hybridized carbons (Fsp3) is 0.455. The van der Waals surface area contributed by atoms with Gasteiger partial charge in [0.1, 0.15) is 6.61 Å². The first kappa shape index (κ1) is 15.8. The number of halogens is 5. The minimum Gasteiger partial charge on any atom is -0.384 e. The Balaban J connectivity index is 2.18. The fourth-order valence-electron chi connectivity index (χ4n) is 1.22. The Labute approximate surface area is 120 Å². The van der Waals surface area contributed by atoms with Crippen LogP contribution in [-0.4, -0.2) is 25.9 Å². The highest BCUT2D eigenvalue weighted by Crippen LogP contribution is 2.26. The van der Waals surface area contributed by atoms with Crippen LogP contribution in [0.5, 0.6) is 0 Å². The van der Waals surface area contributed by atoms with Crippen molar-refractivity contribution in [3.8, 4) is 0 Å². The summed E-state index contributed by atoms with van der Waals surface area (Å²) in [5.74, 6) is 0. The van der Waals surface area contributed by atoms with E-state index < -0.39 is 12.8 Å². The molecule has 0 aliphatic heterocycles. The number of rotatable bonds is 6. The molecule has 0 spiro atoms. The Morgan fingerprint density at radius 3 is 2.56 bits per heavy atom. The molecule has 0 aromatic heterocycles. The third-order valence-corrected chi connectivity index (χ3v) is 3.13. The van der Waals surface area contributed by atoms with Crippen LogP contribution in [0, 0.1) is 0 Å². The van der Waals surface area contributed by atoms with Gasteiger partial charge >= 0.3 is 6.18 Å². The topological polar surface area (TPSA) is 21.3 Å². The van der Waals surface area contributed by atoms with Gasteiger partial charge in [0.2, 0.25) is 0 Å². The van der Waals surface area contributed by atoms with Crippen LogP contribution in [0.1, 0.15) is 6.42 Å². The molecule has 7 heteroatoms. The molecule has 0 fully saturated rings. The van der Waals surface area contributed by atoms with Gasteiger partial charge in [-0.05, 0) is 40.5 Å². The molecule has 0 amide bonds. The number of benzene rings is 1. The highest BCUT2D eigenvalue weighted by atomic mass is 79.9. The van der Waals surface area contributed by atoms with Crippen molar-refractivity contribution in [2.45, 2.75) is 12.6 Å². The Morgan fingerprint density at radius 1 is 1.22 bits per heavy atom. The number of nitrogens with one attached hydrogen (secondary N) is 1. The third-order valence-electron chi connectivity index (χ3n) is 1.98. The van der Waals surface area contributed by atoms with Crippen LogP contribution >= 0.6 is 31.9 Å². The zero-order valence-corrected chi connectivity index (χ0v) is 12.5. The number of ether oxygens (including phenoxy) is 1. The number of alkyl halides is 3. The lowest BCUT2D eigenvalue weighted by molar-refractivity contribution is -0.173. The molecule has 0 atom stereocenters. The van der Waals surface area contributed by atoms with Gasteiger partial charge in [0.15, 0.2) is 0 Å². The van der Waals surface area contributed by atoms with Crippen LogP contribution in [-0.2, 0) is 4.74 Å². The van der Waals surface area contributed by atoms with E-state index in [4.69, 9.17) is 0 Å². The lowest BCUT2D eigenvalue weighted by atomic mass is 10.3. The second-order valence-electron chi connectivity index (χ2n) is 3.57. The van der Waals surface area contributed by atoms with Gasteiger partial charge in [-0.3, -0.25) is 0 Å². The van der Waals surface area contributed by atoms with Crippen molar-refractivity contribution < 1.29 is 17.9 Å². The third kappa shape index (κ3) is 6.61. The normalized spacial score (nSPS) is 11.6. The Bertz CT molecular complexity index is 385. The summed E-state index contributed by atoms with van der Waals surface area (Å²) < 4.78 is 41.7. The first-order valence-corrected chi connectivity index (χ1v) is 6.80. The van der Waals surface area contributed by atoms with E-state index in [0.29, 0.717) is 13.0 Å². The molecule has 1 N–H and O–H groups in total. The second-order valence-corrected chi connectivity index (χ2v) is 5.34. The van der Waals surface area contributed by atoms with Crippen LogP contribution in [0.25, 0.3) is 0 Å². The largest absolute Gasteiger partial charge is 0.411 e. The van der Waals surface area contributed by atoms with Gasteiger partial charge in [-0.15, -0.1) is 0 Å². The van der Waals surface area contributed by atoms with E-state index in [1.165, 1.54) is 0 Å². The molecule has 1 aromatic carbocycles. The Morgan fingerprint density at radius 2 is 1.94 bits per heavy atom. The predicted molar refractivity (Wildman–Crippen MR) is 71.8 cm³/mol. The number of anilines is 1. The van der Waals surface area contributed by atoms with Crippen molar-refractivity contribution in [3.63, 3.8) is 0 Å². The van der Waals surface area contributed by atoms with Gasteiger partial charge in [0, 0.05) is 27.8 Å². The van der Waals surface area contributed by atoms with Gasteiger partial charge < -0.3 is 10.1 Å². The van der Waals surface area contributed by atoms with E-state index in [0.717, 1.165) is 14.6 Å². The van der Waals surface area contributed by atoms with E-state index in [-0.39, 0.29) is 6.61 Å². The summed E-state index contributed by atoms with van der Waals surface area (Å²) in [6.07, 6.45) is -3.74. The molecular weight excluding hydrogens is 379 g/mol. The molecule has 0 unspecified atom stereocenters. The molecule has 0 saturated heterocycles. The van der Waals surface area contributed by atoms with Gasteiger partial charge in [0.05, 0.1) is 0 Å². The monoisotopic (exact) mass is 389 g/mol. The zero-order valence-electron chi connectivity index (χ0n) is 9.36. The van der Waals surface area contributed by atoms with Crippen LogP contribution in [0.3, 0.4) is 0 Å². The first-order valence-electron chi connectivity index (χ1n) is 5.22. The second kappa shape index (κ2) is 7.35. The van der Waals surface area contributed by atoms with Crippen LogP contribution in [0.4, 0.5) is 18.9 Å². The van der Waals surface area contributed by atoms with Crippen molar-refractivity contribution in [1.29, 1.82) is 0 Å². The van der Waals surface area contributed by atoms with E-state index in [2.05, 4.69) is 41.9 Å². The maximum absolute atomic E-state index is 11.8. The molecule has 2 nitrogen and oxygen atoms in total. The van der Waals surface area contributed by atoms with Gasteiger partial charge in [-0.1, -0.05) is 15.9 Å². The fourth-order valence-corrected chi connectivity index (χ4v) is 2.41. The van der Waals surface area contributed by atoms with Crippen LogP contribution < -0.4 is 5.32 Å². The molecule has 0 saturated carbocycles. The standard InChI is InChI=1S/C11H12Br2F3NO/c12-8-2-3-10(9(13)6-8)17-4-1-5-18-7-11(14,15)16/h2-3,6,17H,1,4-5,7H2. The van der Waals surface area contributed by atoms with E-state index in [1.54, 1.807) is 0 Å². The molecule has 0 radical (unpaired) electrons. The van der Waals surface area contributed by atoms with E-state index >= 15 is 0 Å². The minimum atomic E-state index is -4.25. The summed E-state index contributed by atoms with van der Waals surface area (Å²) in [5, 5.41) is 3.11. The van der Waals surface area contributed by atoms with Crippen LogP contribution in [0.2, 0.25) is 0 Å². The predicted octanol–water partition coefficient (Wildman–Crippen LogP) is 4.59. The van der Waals surface area contributed by atoms with Gasteiger partial charge in [0.25, 0.3) is 0 Å². The molecule has 1 rings (SSSR count). The molecule has 18 heavy (non-hydrogen) atoms. The van der Waals surface area contributed by atoms with Crippen molar-refractivity contribution in [2.75, 3.05) is 25.1 Å². The van der Waals surface area contributed by atoms with Gasteiger partial charge in [-0.2, -0.15) is 13.2 Å². The molecule has 0 heterocycles.